The fraction of sp³-hybridized carbons (Fsp3) is 0.520. The van der Waals surface area contributed by atoms with Crippen LogP contribution in [0.1, 0.15) is 50.1 Å². The first kappa shape index (κ1) is 23.4. The lowest BCUT2D eigenvalue weighted by Crippen LogP contribution is -2.53. The highest BCUT2D eigenvalue weighted by atomic mass is 32.1. The zero-order valence-corrected chi connectivity index (χ0v) is 20.6. The van der Waals surface area contributed by atoms with Crippen LogP contribution in [0.15, 0.2) is 35.7 Å². The molecule has 1 fully saturated rings. The number of urea groups is 1. The molecule has 2 aromatic rings. The van der Waals surface area contributed by atoms with E-state index < -0.39 is 0 Å². The summed E-state index contributed by atoms with van der Waals surface area (Å²) < 4.78 is 11.4. The number of methoxy groups -OCH3 is 1. The molecule has 0 unspecified atom stereocenters. The van der Waals surface area contributed by atoms with Crippen molar-refractivity contribution < 1.29 is 19.1 Å². The average molecular weight is 472 g/mol. The predicted molar refractivity (Wildman–Crippen MR) is 129 cm³/mol. The van der Waals surface area contributed by atoms with Gasteiger partial charge in [0.05, 0.1) is 13.2 Å². The molecule has 1 aliphatic carbocycles. The smallest absolute Gasteiger partial charge is 0.318 e. The zero-order chi connectivity index (χ0) is 23.6. The fourth-order valence-electron chi connectivity index (χ4n) is 4.12. The van der Waals surface area contributed by atoms with Crippen LogP contribution in [0, 0.1) is 0 Å². The van der Waals surface area contributed by atoms with Crippen molar-refractivity contribution in [2.45, 2.75) is 57.7 Å². The van der Waals surface area contributed by atoms with Crippen molar-refractivity contribution in [1.82, 2.24) is 15.1 Å². The molecule has 3 amide bonds. The molecule has 0 saturated heterocycles. The molecule has 0 spiro atoms. The number of nitrogens with one attached hydrogen (secondary N) is 1. The number of ether oxygens (including phenoxy) is 2. The first-order valence-electron chi connectivity index (χ1n) is 11.5. The minimum Gasteiger partial charge on any atom is -0.497 e. The van der Waals surface area contributed by atoms with Crippen molar-refractivity contribution in [3.63, 3.8) is 0 Å². The second kappa shape index (κ2) is 9.63. The van der Waals surface area contributed by atoms with Crippen LogP contribution in [0.25, 0.3) is 0 Å². The summed E-state index contributed by atoms with van der Waals surface area (Å²) in [6.07, 6.45) is 2.72. The van der Waals surface area contributed by atoms with E-state index in [2.05, 4.69) is 16.8 Å². The van der Waals surface area contributed by atoms with Gasteiger partial charge in [-0.05, 0) is 69.2 Å². The summed E-state index contributed by atoms with van der Waals surface area (Å²) in [5.41, 5.74) is 0.788. The van der Waals surface area contributed by atoms with Crippen LogP contribution >= 0.6 is 11.3 Å². The molecule has 4 rings (SSSR count). The van der Waals surface area contributed by atoms with Gasteiger partial charge in [0.25, 0.3) is 0 Å². The summed E-state index contributed by atoms with van der Waals surface area (Å²) in [6, 6.07) is 9.35. The molecular formula is C25H33N3O4S. The van der Waals surface area contributed by atoms with Crippen LogP contribution in [0.2, 0.25) is 0 Å². The minimum atomic E-state index is -0.350. The molecule has 0 radical (unpaired) electrons. The minimum absolute atomic E-state index is 0.0398. The van der Waals surface area contributed by atoms with E-state index >= 15 is 0 Å². The zero-order valence-electron chi connectivity index (χ0n) is 19.8. The maximum atomic E-state index is 13.5. The number of carbonyl (C=O) groups excluding carboxylic acids is 2. The summed E-state index contributed by atoms with van der Waals surface area (Å²) in [4.78, 5) is 31.3. The second-order valence-corrected chi connectivity index (χ2v) is 10.7. The summed E-state index contributed by atoms with van der Waals surface area (Å²) in [7, 11) is 1.62. The van der Waals surface area contributed by atoms with Crippen molar-refractivity contribution in [2.75, 3.05) is 26.8 Å². The second-order valence-electron chi connectivity index (χ2n) is 9.68. The van der Waals surface area contributed by atoms with Crippen molar-refractivity contribution in [3.05, 3.63) is 46.2 Å². The SMILES string of the molecule is COc1cccc(OC[C@H]2c3ccsc3CCN2C(=O)CN(C(=O)NC(C)(C)C)C2CC2)c1. The molecule has 1 saturated carbocycles. The highest BCUT2D eigenvalue weighted by Crippen LogP contribution is 2.35. The van der Waals surface area contributed by atoms with Crippen LogP contribution in [0.4, 0.5) is 4.79 Å². The number of amides is 3. The van der Waals surface area contributed by atoms with Gasteiger partial charge in [-0.3, -0.25) is 4.79 Å². The average Bonchev–Trinajstić information content (AvgIpc) is 3.50. The Morgan fingerprint density at radius 2 is 1.97 bits per heavy atom. The first-order chi connectivity index (χ1) is 15.7. The van der Waals surface area contributed by atoms with Gasteiger partial charge < -0.3 is 24.6 Å². The Hall–Kier alpha value is -2.74. The van der Waals surface area contributed by atoms with Gasteiger partial charge in [0.1, 0.15) is 24.7 Å². The quantitative estimate of drug-likeness (QED) is 0.656. The van der Waals surface area contributed by atoms with Crippen LogP contribution in [0.5, 0.6) is 11.5 Å². The molecule has 1 N–H and O–H groups in total. The Bertz CT molecular complexity index is 996. The first-order valence-corrected chi connectivity index (χ1v) is 12.3. The summed E-state index contributed by atoms with van der Waals surface area (Å²) >= 11 is 1.72. The molecule has 8 heteroatoms. The van der Waals surface area contributed by atoms with E-state index in [9.17, 15) is 9.59 Å². The molecule has 2 aliphatic rings. The Kier molecular flexibility index (Phi) is 6.83. The monoisotopic (exact) mass is 471 g/mol. The summed E-state index contributed by atoms with van der Waals surface area (Å²) in [5, 5.41) is 5.08. The topological polar surface area (TPSA) is 71.1 Å². The van der Waals surface area contributed by atoms with E-state index in [-0.39, 0.29) is 36.1 Å². The van der Waals surface area contributed by atoms with Crippen molar-refractivity contribution in [2.24, 2.45) is 0 Å². The van der Waals surface area contributed by atoms with Gasteiger partial charge in [-0.2, -0.15) is 0 Å². The molecule has 1 aliphatic heterocycles. The van der Waals surface area contributed by atoms with Crippen LogP contribution in [0.3, 0.4) is 0 Å². The highest BCUT2D eigenvalue weighted by Gasteiger charge is 2.38. The number of fused-ring (bicyclic) bond motifs is 1. The van der Waals surface area contributed by atoms with E-state index in [1.54, 1.807) is 23.3 Å². The Balaban J connectivity index is 1.49. The van der Waals surface area contributed by atoms with E-state index in [4.69, 9.17) is 9.47 Å². The van der Waals surface area contributed by atoms with Gasteiger partial charge in [-0.15, -0.1) is 11.3 Å². The normalized spacial score (nSPS) is 17.8. The number of hydrogen-bond donors (Lipinski definition) is 1. The van der Waals surface area contributed by atoms with Crippen molar-refractivity contribution in [3.8, 4) is 11.5 Å². The number of hydrogen-bond acceptors (Lipinski definition) is 5. The maximum absolute atomic E-state index is 13.5. The third-order valence-corrected chi connectivity index (χ3v) is 6.90. The molecule has 0 bridgehead atoms. The number of rotatable bonds is 7. The fourth-order valence-corrected chi connectivity index (χ4v) is 5.05. The largest absolute Gasteiger partial charge is 0.497 e. The molecule has 33 heavy (non-hydrogen) atoms. The van der Waals surface area contributed by atoms with Gasteiger partial charge in [0.15, 0.2) is 0 Å². The van der Waals surface area contributed by atoms with Crippen molar-refractivity contribution in [1.29, 1.82) is 0 Å². The Morgan fingerprint density at radius 1 is 1.21 bits per heavy atom. The lowest BCUT2D eigenvalue weighted by Gasteiger charge is -2.37. The van der Waals surface area contributed by atoms with Crippen LogP contribution in [-0.2, 0) is 11.2 Å². The third kappa shape index (κ3) is 5.79. The highest BCUT2D eigenvalue weighted by molar-refractivity contribution is 7.10. The number of carbonyl (C=O) groups is 2. The maximum Gasteiger partial charge on any atom is 0.318 e. The summed E-state index contributed by atoms with van der Waals surface area (Å²) in [6.45, 7) is 6.91. The van der Waals surface area contributed by atoms with Gasteiger partial charge in [-0.1, -0.05) is 6.07 Å². The number of thiophene rings is 1. The Labute approximate surface area is 199 Å². The molecule has 178 valence electrons. The van der Waals surface area contributed by atoms with Crippen LogP contribution < -0.4 is 14.8 Å². The van der Waals surface area contributed by atoms with E-state index in [1.807, 2.05) is 49.9 Å². The molecule has 1 aromatic carbocycles. The standard InChI is InChI=1S/C25H33N3O4S/c1-25(2,3)26-24(30)28(17-8-9-17)15-23(29)27-12-10-22-20(11-13-33-22)21(27)16-32-19-7-5-6-18(14-19)31-4/h5-7,11,13-14,17,21H,8-10,12,15-16H2,1-4H3,(H,26,30)/t21-/m0/s1. The van der Waals surface area contributed by atoms with Crippen LogP contribution in [-0.4, -0.2) is 60.1 Å². The number of benzene rings is 1. The summed E-state index contributed by atoms with van der Waals surface area (Å²) in [5.74, 6) is 1.39. The molecular weight excluding hydrogens is 438 g/mol. The Morgan fingerprint density at radius 3 is 2.67 bits per heavy atom. The third-order valence-electron chi connectivity index (χ3n) is 5.90. The van der Waals surface area contributed by atoms with Gasteiger partial charge in [0.2, 0.25) is 5.91 Å². The van der Waals surface area contributed by atoms with Crippen molar-refractivity contribution >= 4 is 23.3 Å². The molecule has 1 aromatic heterocycles. The van der Waals surface area contributed by atoms with Gasteiger partial charge in [0, 0.05) is 29.1 Å². The van der Waals surface area contributed by atoms with Gasteiger partial charge >= 0.3 is 6.03 Å². The molecule has 1 atom stereocenters. The lowest BCUT2D eigenvalue weighted by molar-refractivity contribution is -0.135. The predicted octanol–water partition coefficient (Wildman–Crippen LogP) is 4.23. The lowest BCUT2D eigenvalue weighted by atomic mass is 10.0. The number of nitrogens with zero attached hydrogens (tertiary/aromatic N) is 2. The molecule has 2 heterocycles. The molecule has 7 nitrogen and oxygen atoms in total. The van der Waals surface area contributed by atoms with E-state index in [1.165, 1.54) is 4.88 Å². The van der Waals surface area contributed by atoms with E-state index in [0.717, 1.165) is 30.6 Å². The van der Waals surface area contributed by atoms with E-state index in [0.29, 0.717) is 18.9 Å². The van der Waals surface area contributed by atoms with Gasteiger partial charge in [-0.25, -0.2) is 4.79 Å².